The Labute approximate surface area is 274 Å². The normalized spacial score (nSPS) is 11.8. The fraction of sp³-hybridized carbons (Fsp3) is 0.500. The average molecular weight is 661 g/mol. The lowest BCUT2D eigenvalue weighted by molar-refractivity contribution is 0.0544. The summed E-state index contributed by atoms with van der Waals surface area (Å²) in [7, 11) is 0. The number of aliphatic imine (C=N–C) groups is 2. The topological polar surface area (TPSA) is 234 Å². The Bertz CT molecular complexity index is 1380. The molecule has 2 rings (SSSR count). The largest absolute Gasteiger partial charge is 0.444 e. The Hall–Kier alpha value is -4.66. The van der Waals surface area contributed by atoms with Gasteiger partial charge in [-0.2, -0.15) is 0 Å². The molecular formula is C30H45ClN10O5. The number of hydrogen-bond donors (Lipinski definition) is 6. The van der Waals surface area contributed by atoms with Crippen molar-refractivity contribution in [2.45, 2.75) is 84.8 Å². The summed E-state index contributed by atoms with van der Waals surface area (Å²) in [5.74, 6) is -1.04. The molecule has 1 aromatic heterocycles. The van der Waals surface area contributed by atoms with Crippen LogP contribution in [0.5, 0.6) is 0 Å². The number of carbonyl (C=O) groups is 3. The highest BCUT2D eigenvalue weighted by molar-refractivity contribution is 6.31. The number of anilines is 2. The van der Waals surface area contributed by atoms with Gasteiger partial charge in [0.25, 0.3) is 5.91 Å². The molecule has 46 heavy (non-hydrogen) atoms. The molecule has 0 atom stereocenters. The molecule has 0 fully saturated rings. The third-order valence-corrected chi connectivity index (χ3v) is 5.95. The van der Waals surface area contributed by atoms with Crippen LogP contribution in [0, 0.1) is 0 Å². The first kappa shape index (κ1) is 37.5. The van der Waals surface area contributed by atoms with Crippen molar-refractivity contribution < 1.29 is 23.9 Å². The molecule has 0 bridgehead atoms. The maximum atomic E-state index is 12.3. The number of rotatable bonds is 10. The molecule has 0 aliphatic heterocycles. The zero-order chi connectivity index (χ0) is 34.5. The Morgan fingerprint density at radius 2 is 1.26 bits per heavy atom. The number of ether oxygens (including phenoxy) is 2. The van der Waals surface area contributed by atoms with E-state index in [0.717, 1.165) is 31.2 Å². The molecule has 0 saturated carbocycles. The van der Waals surface area contributed by atoms with Crippen molar-refractivity contribution in [2.75, 3.05) is 24.6 Å². The highest BCUT2D eigenvalue weighted by atomic mass is 35.5. The molecule has 0 aliphatic rings. The van der Waals surface area contributed by atoms with Crippen LogP contribution in [0.3, 0.4) is 0 Å². The van der Waals surface area contributed by atoms with Crippen LogP contribution in [0.25, 0.3) is 0 Å². The SMILES string of the molecule is CC(C)(C)OC(=O)NC(=NCCCc1ccc(CCCCN=C(N)NC(=O)c2nc(Cl)c(N)nc2N)cc1)NC(=O)OC(C)(C)C. The third-order valence-electron chi connectivity index (χ3n) is 5.67. The van der Waals surface area contributed by atoms with Gasteiger partial charge in [0.2, 0.25) is 5.96 Å². The van der Waals surface area contributed by atoms with E-state index in [2.05, 4.69) is 60.2 Å². The van der Waals surface area contributed by atoms with Crippen molar-refractivity contribution in [1.29, 1.82) is 0 Å². The maximum Gasteiger partial charge on any atom is 0.414 e. The van der Waals surface area contributed by atoms with Gasteiger partial charge in [-0.3, -0.25) is 30.7 Å². The first-order valence-electron chi connectivity index (χ1n) is 14.7. The van der Waals surface area contributed by atoms with Gasteiger partial charge in [0.15, 0.2) is 28.4 Å². The summed E-state index contributed by atoms with van der Waals surface area (Å²) < 4.78 is 10.5. The van der Waals surface area contributed by atoms with Crippen LogP contribution in [0.1, 0.15) is 82.4 Å². The van der Waals surface area contributed by atoms with E-state index in [0.29, 0.717) is 19.5 Å². The summed E-state index contributed by atoms with van der Waals surface area (Å²) in [4.78, 5) is 52.9. The van der Waals surface area contributed by atoms with Crippen LogP contribution in [0.4, 0.5) is 21.2 Å². The van der Waals surface area contributed by atoms with Crippen molar-refractivity contribution in [1.82, 2.24) is 25.9 Å². The number of hydrogen-bond acceptors (Lipinski definition) is 11. The van der Waals surface area contributed by atoms with Gasteiger partial charge in [-0.25, -0.2) is 19.6 Å². The summed E-state index contributed by atoms with van der Waals surface area (Å²) in [6.07, 6.45) is 2.41. The monoisotopic (exact) mass is 660 g/mol. The second kappa shape index (κ2) is 17.1. The standard InChI is InChI=1S/C30H45ClN10O5/c1-29(2,3)45-27(43)40-26(41-28(44)46-30(4,5)6)36-17-9-11-19-14-12-18(13-15-19)10-7-8-16-35-25(34)39-24(42)20-22(32)38-23(33)21(31)37-20/h12-15H,7-11,16-17H2,1-6H3,(H4,32,33,38)(H3,34,35,39,42)(H2,36,40,41,43,44). The molecule has 1 heterocycles. The summed E-state index contributed by atoms with van der Waals surface area (Å²) in [5, 5.41) is 7.23. The third kappa shape index (κ3) is 14.9. The molecule has 15 nitrogen and oxygen atoms in total. The second-order valence-electron chi connectivity index (χ2n) is 12.2. The lowest BCUT2D eigenvalue weighted by Gasteiger charge is -2.22. The lowest BCUT2D eigenvalue weighted by Crippen LogP contribution is -2.47. The first-order chi connectivity index (χ1) is 21.4. The van der Waals surface area contributed by atoms with Crippen molar-refractivity contribution in [2.24, 2.45) is 15.7 Å². The van der Waals surface area contributed by atoms with Gasteiger partial charge < -0.3 is 26.7 Å². The molecule has 0 saturated heterocycles. The van der Waals surface area contributed by atoms with Gasteiger partial charge in [0.1, 0.15) is 11.2 Å². The highest BCUT2D eigenvalue weighted by Gasteiger charge is 2.21. The number of unbranched alkanes of at least 4 members (excludes halogenated alkanes) is 1. The molecule has 16 heteroatoms. The maximum absolute atomic E-state index is 12.3. The molecule has 0 radical (unpaired) electrons. The van der Waals surface area contributed by atoms with E-state index in [1.807, 2.05) is 0 Å². The van der Waals surface area contributed by atoms with Crippen LogP contribution in [-0.2, 0) is 22.3 Å². The van der Waals surface area contributed by atoms with E-state index >= 15 is 0 Å². The number of amides is 3. The van der Waals surface area contributed by atoms with Crippen LogP contribution in [-0.4, -0.2) is 64.3 Å². The summed E-state index contributed by atoms with van der Waals surface area (Å²) in [5.41, 5.74) is 17.7. The van der Waals surface area contributed by atoms with Gasteiger partial charge in [-0.05, 0) is 84.8 Å². The number of nitrogen functional groups attached to an aromatic ring is 2. The number of nitrogens with zero attached hydrogens (tertiary/aromatic N) is 4. The van der Waals surface area contributed by atoms with E-state index in [4.69, 9.17) is 38.3 Å². The zero-order valence-electron chi connectivity index (χ0n) is 27.2. The molecular weight excluding hydrogens is 616 g/mol. The average Bonchev–Trinajstić information content (AvgIpc) is 2.91. The molecule has 252 valence electrons. The number of aryl methyl sites for hydroxylation is 2. The molecule has 0 unspecified atom stereocenters. The Kier molecular flexibility index (Phi) is 14.0. The highest BCUT2D eigenvalue weighted by Crippen LogP contribution is 2.17. The van der Waals surface area contributed by atoms with Gasteiger partial charge in [0.05, 0.1) is 0 Å². The summed E-state index contributed by atoms with van der Waals surface area (Å²) in [6.45, 7) is 11.2. The van der Waals surface area contributed by atoms with E-state index in [9.17, 15) is 14.4 Å². The molecule has 2 aromatic rings. The van der Waals surface area contributed by atoms with Crippen molar-refractivity contribution in [3.8, 4) is 0 Å². The summed E-state index contributed by atoms with van der Waals surface area (Å²) in [6, 6.07) is 8.25. The van der Waals surface area contributed by atoms with Crippen LogP contribution < -0.4 is 33.2 Å². The van der Waals surface area contributed by atoms with E-state index in [1.54, 1.807) is 41.5 Å². The minimum Gasteiger partial charge on any atom is -0.444 e. The molecule has 0 spiro atoms. The number of nitrogens with two attached hydrogens (primary N) is 3. The predicted octanol–water partition coefficient (Wildman–Crippen LogP) is 3.70. The Balaban J connectivity index is 1.79. The minimum absolute atomic E-state index is 0.0435. The molecule has 1 aromatic carbocycles. The van der Waals surface area contributed by atoms with Gasteiger partial charge in [-0.15, -0.1) is 0 Å². The number of aromatic nitrogens is 2. The smallest absolute Gasteiger partial charge is 0.414 e. The van der Waals surface area contributed by atoms with Crippen LogP contribution >= 0.6 is 11.6 Å². The zero-order valence-corrected chi connectivity index (χ0v) is 28.0. The fourth-order valence-electron chi connectivity index (χ4n) is 3.72. The minimum atomic E-state index is -0.735. The number of alkyl carbamates (subject to hydrolysis) is 2. The fourth-order valence-corrected chi connectivity index (χ4v) is 3.85. The lowest BCUT2D eigenvalue weighted by atomic mass is 10.0. The number of benzene rings is 1. The van der Waals surface area contributed by atoms with E-state index in [1.165, 1.54) is 5.56 Å². The Morgan fingerprint density at radius 1 is 0.761 bits per heavy atom. The second-order valence-corrected chi connectivity index (χ2v) is 12.6. The summed E-state index contributed by atoms with van der Waals surface area (Å²) >= 11 is 5.81. The van der Waals surface area contributed by atoms with Crippen molar-refractivity contribution >= 4 is 53.2 Å². The molecule has 9 N–H and O–H groups in total. The van der Waals surface area contributed by atoms with Crippen molar-refractivity contribution in [3.63, 3.8) is 0 Å². The number of carbonyl (C=O) groups excluding carboxylic acids is 3. The molecule has 0 aliphatic carbocycles. The quantitative estimate of drug-likeness (QED) is 0.123. The van der Waals surface area contributed by atoms with Crippen LogP contribution in [0.2, 0.25) is 5.15 Å². The predicted molar refractivity (Wildman–Crippen MR) is 179 cm³/mol. The van der Waals surface area contributed by atoms with E-state index in [-0.39, 0.29) is 34.4 Å². The Morgan fingerprint density at radius 3 is 1.78 bits per heavy atom. The van der Waals surface area contributed by atoms with E-state index < -0.39 is 29.3 Å². The van der Waals surface area contributed by atoms with Crippen molar-refractivity contribution in [3.05, 3.63) is 46.2 Å². The number of guanidine groups is 2. The van der Waals surface area contributed by atoms with Gasteiger partial charge >= 0.3 is 12.2 Å². The van der Waals surface area contributed by atoms with Crippen LogP contribution in [0.15, 0.2) is 34.3 Å². The van der Waals surface area contributed by atoms with Gasteiger partial charge in [-0.1, -0.05) is 35.9 Å². The number of nitrogens with one attached hydrogen (secondary N) is 3. The first-order valence-corrected chi connectivity index (χ1v) is 15.1. The van der Waals surface area contributed by atoms with Gasteiger partial charge in [0, 0.05) is 13.1 Å². The molecule has 3 amide bonds. The number of halogens is 1.